The van der Waals surface area contributed by atoms with Crippen molar-refractivity contribution in [2.24, 2.45) is 0 Å². The van der Waals surface area contributed by atoms with Gasteiger partial charge < -0.3 is 15.0 Å². The number of hydrogen-bond acceptors (Lipinski definition) is 5. The molecule has 0 spiro atoms. The number of carbonyl (C=O) groups excluding carboxylic acids is 2. The molecule has 10 heteroatoms. The molecule has 0 heterocycles. The first kappa shape index (κ1) is 27.2. The number of carbonyl (C=O) groups is 2. The highest BCUT2D eigenvalue weighted by atomic mass is 79.9. The SMILES string of the molecule is CNC(=O)C(C)N(Cc1ccc(OC)cc1)C(=O)CN(c1ccc(Br)cc1)S(=O)(=O)c1ccccc1. The van der Waals surface area contributed by atoms with Gasteiger partial charge in [-0.2, -0.15) is 0 Å². The highest BCUT2D eigenvalue weighted by Gasteiger charge is 2.32. The van der Waals surface area contributed by atoms with E-state index in [0.29, 0.717) is 11.4 Å². The van der Waals surface area contributed by atoms with Crippen molar-refractivity contribution in [2.75, 3.05) is 25.0 Å². The van der Waals surface area contributed by atoms with Crippen LogP contribution in [0.25, 0.3) is 0 Å². The van der Waals surface area contributed by atoms with Crippen molar-refractivity contribution in [2.45, 2.75) is 24.4 Å². The molecule has 0 saturated heterocycles. The smallest absolute Gasteiger partial charge is 0.264 e. The molecular weight excluding hydrogens is 546 g/mol. The van der Waals surface area contributed by atoms with Crippen LogP contribution in [-0.2, 0) is 26.2 Å². The molecule has 190 valence electrons. The largest absolute Gasteiger partial charge is 0.497 e. The van der Waals surface area contributed by atoms with E-state index in [1.54, 1.807) is 80.8 Å². The summed E-state index contributed by atoms with van der Waals surface area (Å²) < 4.78 is 34.3. The van der Waals surface area contributed by atoms with Gasteiger partial charge in [0.15, 0.2) is 0 Å². The number of likely N-dealkylation sites (N-methyl/N-ethyl adjacent to an activating group) is 1. The summed E-state index contributed by atoms with van der Waals surface area (Å²) >= 11 is 3.36. The quantitative estimate of drug-likeness (QED) is 0.398. The summed E-state index contributed by atoms with van der Waals surface area (Å²) in [4.78, 5) is 27.6. The molecule has 0 bridgehead atoms. The van der Waals surface area contributed by atoms with Crippen molar-refractivity contribution in [3.05, 3.63) is 88.9 Å². The van der Waals surface area contributed by atoms with Gasteiger partial charge in [0.1, 0.15) is 18.3 Å². The van der Waals surface area contributed by atoms with Crippen LogP contribution in [0.15, 0.2) is 88.2 Å². The minimum absolute atomic E-state index is 0.0572. The monoisotopic (exact) mass is 573 g/mol. The van der Waals surface area contributed by atoms with Crippen molar-refractivity contribution in [3.63, 3.8) is 0 Å². The van der Waals surface area contributed by atoms with Gasteiger partial charge in [0.05, 0.1) is 17.7 Å². The number of rotatable bonds is 10. The van der Waals surface area contributed by atoms with Crippen LogP contribution in [0.5, 0.6) is 5.75 Å². The Bertz CT molecular complexity index is 1280. The lowest BCUT2D eigenvalue weighted by atomic mass is 10.1. The van der Waals surface area contributed by atoms with Crippen molar-refractivity contribution in [1.29, 1.82) is 0 Å². The number of amides is 2. The molecular formula is C26H28BrN3O5S. The third-order valence-electron chi connectivity index (χ3n) is 5.65. The fourth-order valence-corrected chi connectivity index (χ4v) is 5.27. The van der Waals surface area contributed by atoms with Crippen LogP contribution >= 0.6 is 15.9 Å². The van der Waals surface area contributed by atoms with E-state index in [4.69, 9.17) is 4.74 Å². The number of nitrogens with zero attached hydrogens (tertiary/aromatic N) is 2. The molecule has 36 heavy (non-hydrogen) atoms. The average molecular weight is 574 g/mol. The summed E-state index contributed by atoms with van der Waals surface area (Å²) in [7, 11) is -1.03. The second kappa shape index (κ2) is 12.0. The molecule has 8 nitrogen and oxygen atoms in total. The summed E-state index contributed by atoms with van der Waals surface area (Å²) in [6.45, 7) is 1.23. The first-order valence-electron chi connectivity index (χ1n) is 11.1. The minimum Gasteiger partial charge on any atom is -0.497 e. The fraction of sp³-hybridized carbons (Fsp3) is 0.231. The predicted octanol–water partition coefficient (Wildman–Crippen LogP) is 3.82. The minimum atomic E-state index is -4.08. The van der Waals surface area contributed by atoms with E-state index < -0.39 is 28.5 Å². The van der Waals surface area contributed by atoms with Crippen LogP contribution in [-0.4, -0.2) is 51.9 Å². The molecule has 2 amide bonds. The third kappa shape index (κ3) is 6.44. The van der Waals surface area contributed by atoms with Gasteiger partial charge >= 0.3 is 0 Å². The normalized spacial score (nSPS) is 11.9. The number of halogens is 1. The van der Waals surface area contributed by atoms with Gasteiger partial charge in [-0.25, -0.2) is 8.42 Å². The zero-order chi connectivity index (χ0) is 26.3. The van der Waals surface area contributed by atoms with Crippen LogP contribution < -0.4 is 14.4 Å². The number of benzene rings is 3. The molecule has 0 aliphatic rings. The van der Waals surface area contributed by atoms with E-state index in [2.05, 4.69) is 21.2 Å². The van der Waals surface area contributed by atoms with Gasteiger partial charge in [0, 0.05) is 18.1 Å². The maximum Gasteiger partial charge on any atom is 0.264 e. The average Bonchev–Trinajstić information content (AvgIpc) is 2.90. The van der Waals surface area contributed by atoms with Gasteiger partial charge in [-0.05, 0) is 61.0 Å². The fourth-order valence-electron chi connectivity index (χ4n) is 3.57. The Hall–Kier alpha value is -3.37. The molecule has 0 aromatic heterocycles. The van der Waals surface area contributed by atoms with Gasteiger partial charge in [-0.3, -0.25) is 13.9 Å². The Morgan fingerprint density at radius 3 is 2.14 bits per heavy atom. The zero-order valence-corrected chi connectivity index (χ0v) is 22.6. The molecule has 1 unspecified atom stereocenters. The van der Waals surface area contributed by atoms with Gasteiger partial charge in [-0.15, -0.1) is 0 Å². The highest BCUT2D eigenvalue weighted by molar-refractivity contribution is 9.10. The van der Waals surface area contributed by atoms with Crippen LogP contribution in [0.1, 0.15) is 12.5 Å². The third-order valence-corrected chi connectivity index (χ3v) is 7.97. The molecule has 0 radical (unpaired) electrons. The second-order valence-electron chi connectivity index (χ2n) is 7.96. The Morgan fingerprint density at radius 1 is 0.972 bits per heavy atom. The lowest BCUT2D eigenvalue weighted by Crippen LogP contribution is -2.50. The number of anilines is 1. The molecule has 0 saturated carbocycles. The van der Waals surface area contributed by atoms with Gasteiger partial charge in [-0.1, -0.05) is 46.3 Å². The number of nitrogens with one attached hydrogen (secondary N) is 1. The van der Waals surface area contributed by atoms with E-state index in [9.17, 15) is 18.0 Å². The Kier molecular flexibility index (Phi) is 9.11. The molecule has 0 fully saturated rings. The maximum absolute atomic E-state index is 13.7. The van der Waals surface area contributed by atoms with Crippen LogP contribution in [0.2, 0.25) is 0 Å². The lowest BCUT2D eigenvalue weighted by Gasteiger charge is -2.31. The van der Waals surface area contributed by atoms with E-state index in [0.717, 1.165) is 14.3 Å². The summed E-state index contributed by atoms with van der Waals surface area (Å²) in [5.41, 5.74) is 1.09. The highest BCUT2D eigenvalue weighted by Crippen LogP contribution is 2.26. The first-order chi connectivity index (χ1) is 17.2. The van der Waals surface area contributed by atoms with E-state index in [-0.39, 0.29) is 17.3 Å². The number of hydrogen-bond donors (Lipinski definition) is 1. The van der Waals surface area contributed by atoms with Crippen molar-refractivity contribution in [1.82, 2.24) is 10.2 Å². The van der Waals surface area contributed by atoms with Crippen LogP contribution in [0, 0.1) is 0 Å². The summed E-state index contributed by atoms with van der Waals surface area (Å²) in [6, 6.07) is 20.8. The summed E-state index contributed by atoms with van der Waals surface area (Å²) in [5, 5.41) is 2.56. The van der Waals surface area contributed by atoms with Crippen molar-refractivity contribution >= 4 is 43.5 Å². The van der Waals surface area contributed by atoms with E-state index in [1.807, 2.05) is 0 Å². The van der Waals surface area contributed by atoms with Crippen molar-refractivity contribution < 1.29 is 22.7 Å². The molecule has 3 rings (SSSR count). The van der Waals surface area contributed by atoms with E-state index >= 15 is 0 Å². The number of ether oxygens (including phenoxy) is 1. The molecule has 0 aliphatic heterocycles. The maximum atomic E-state index is 13.7. The Balaban J connectivity index is 1.99. The van der Waals surface area contributed by atoms with Crippen molar-refractivity contribution in [3.8, 4) is 5.75 Å². The number of sulfonamides is 1. The van der Waals surface area contributed by atoms with Gasteiger partial charge in [0.25, 0.3) is 10.0 Å². The van der Waals surface area contributed by atoms with Gasteiger partial charge in [0.2, 0.25) is 11.8 Å². The Morgan fingerprint density at radius 2 is 1.58 bits per heavy atom. The topological polar surface area (TPSA) is 96.0 Å². The first-order valence-corrected chi connectivity index (χ1v) is 13.4. The molecule has 0 aliphatic carbocycles. The van der Waals surface area contributed by atoms with E-state index in [1.165, 1.54) is 24.1 Å². The Labute approximate surface area is 220 Å². The zero-order valence-electron chi connectivity index (χ0n) is 20.2. The molecule has 3 aromatic rings. The predicted molar refractivity (Wildman–Crippen MR) is 142 cm³/mol. The molecule has 3 aromatic carbocycles. The number of methoxy groups -OCH3 is 1. The summed E-state index contributed by atoms with van der Waals surface area (Å²) in [6.07, 6.45) is 0. The van der Waals surface area contributed by atoms with Crippen LogP contribution in [0.3, 0.4) is 0 Å². The summed E-state index contributed by atoms with van der Waals surface area (Å²) in [5.74, 6) is -0.228. The standard InChI is InChI=1S/C26H28BrN3O5S/c1-19(26(32)28-2)29(17-20-9-15-23(35-3)16-10-20)25(31)18-30(22-13-11-21(27)12-14-22)36(33,34)24-7-5-4-6-8-24/h4-16,19H,17-18H2,1-3H3,(H,28,32). The molecule has 1 atom stereocenters. The van der Waals surface area contributed by atoms with Crippen LogP contribution in [0.4, 0.5) is 5.69 Å². The lowest BCUT2D eigenvalue weighted by molar-refractivity contribution is -0.139. The second-order valence-corrected chi connectivity index (χ2v) is 10.7. The molecule has 1 N–H and O–H groups in total.